The number of hydrogen-bond donors (Lipinski definition) is 2. The summed E-state index contributed by atoms with van der Waals surface area (Å²) < 4.78 is 13.2. The molecule has 1 atom stereocenters. The number of anilines is 2. The Morgan fingerprint density at radius 3 is 2.37 bits per heavy atom. The van der Waals surface area contributed by atoms with Gasteiger partial charge in [-0.25, -0.2) is 4.21 Å². The molecule has 3 aromatic rings. The molecule has 0 radical (unpaired) electrons. The Kier molecular flexibility index (Phi) is 5.67. The van der Waals surface area contributed by atoms with Gasteiger partial charge in [-0.3, -0.25) is 0 Å². The second-order valence-electron chi connectivity index (χ2n) is 8.00. The first-order valence-corrected chi connectivity index (χ1v) is 11.4. The van der Waals surface area contributed by atoms with E-state index < -0.39 is 10.8 Å². The van der Waals surface area contributed by atoms with E-state index in [1.54, 1.807) is 0 Å². The summed E-state index contributed by atoms with van der Waals surface area (Å²) in [5.41, 5.74) is 7.45. The number of nitrogens with one attached hydrogen (secondary N) is 1. The van der Waals surface area contributed by atoms with E-state index in [1.807, 2.05) is 50.2 Å². The first-order valence-electron chi connectivity index (χ1n) is 10.3. The highest BCUT2D eigenvalue weighted by Gasteiger charge is 2.29. The van der Waals surface area contributed by atoms with Gasteiger partial charge < -0.3 is 15.3 Å². The van der Waals surface area contributed by atoms with Gasteiger partial charge in [-0.1, -0.05) is 30.3 Å². The second-order valence-corrected chi connectivity index (χ2v) is 9.41. The molecule has 1 aliphatic rings. The SMILES string of the molecule is Cc1ccc2c(c1C)N(CCNCc1cc(C)c(O)c(C)c1)c1ccccc1S2=O. The zero-order valence-electron chi connectivity index (χ0n) is 18.0. The van der Waals surface area contributed by atoms with Crippen LogP contribution >= 0.6 is 0 Å². The van der Waals surface area contributed by atoms with Crippen LogP contribution in [0.5, 0.6) is 5.75 Å². The van der Waals surface area contributed by atoms with Crippen LogP contribution in [-0.2, 0) is 17.3 Å². The van der Waals surface area contributed by atoms with Gasteiger partial charge in [0, 0.05) is 19.6 Å². The molecule has 1 aliphatic heterocycles. The van der Waals surface area contributed by atoms with Gasteiger partial charge in [0.1, 0.15) is 5.75 Å². The molecule has 1 unspecified atom stereocenters. The molecule has 3 aromatic carbocycles. The smallest absolute Gasteiger partial charge is 0.121 e. The lowest BCUT2D eigenvalue weighted by Crippen LogP contribution is -2.32. The van der Waals surface area contributed by atoms with Crippen LogP contribution in [0.4, 0.5) is 11.4 Å². The molecule has 2 N–H and O–H groups in total. The van der Waals surface area contributed by atoms with E-state index in [-0.39, 0.29) is 0 Å². The van der Waals surface area contributed by atoms with Crippen LogP contribution in [0.2, 0.25) is 0 Å². The first kappa shape index (κ1) is 20.6. The highest BCUT2D eigenvalue weighted by molar-refractivity contribution is 7.85. The molecule has 0 saturated carbocycles. The van der Waals surface area contributed by atoms with Crippen molar-refractivity contribution in [2.75, 3.05) is 18.0 Å². The van der Waals surface area contributed by atoms with Gasteiger partial charge in [-0.05, 0) is 73.7 Å². The van der Waals surface area contributed by atoms with Crippen LogP contribution in [-0.4, -0.2) is 22.4 Å². The van der Waals surface area contributed by atoms with E-state index >= 15 is 0 Å². The number of benzene rings is 3. The van der Waals surface area contributed by atoms with E-state index in [4.69, 9.17) is 0 Å². The summed E-state index contributed by atoms with van der Waals surface area (Å²) >= 11 is 0. The maximum atomic E-state index is 13.2. The maximum Gasteiger partial charge on any atom is 0.121 e. The lowest BCUT2D eigenvalue weighted by molar-refractivity contribution is 0.466. The van der Waals surface area contributed by atoms with E-state index in [9.17, 15) is 9.32 Å². The fourth-order valence-electron chi connectivity index (χ4n) is 4.14. The average Bonchev–Trinajstić information content (AvgIpc) is 2.73. The number of aromatic hydroxyl groups is 1. The molecule has 30 heavy (non-hydrogen) atoms. The normalized spacial score (nSPS) is 15.1. The summed E-state index contributed by atoms with van der Waals surface area (Å²) in [6, 6.07) is 16.1. The minimum Gasteiger partial charge on any atom is -0.507 e. The molecule has 0 aromatic heterocycles. The minimum atomic E-state index is -1.16. The number of phenolic OH excluding ortho intramolecular Hbond substituents is 1. The number of nitrogens with zero attached hydrogens (tertiary/aromatic N) is 1. The van der Waals surface area contributed by atoms with Crippen molar-refractivity contribution in [1.29, 1.82) is 0 Å². The van der Waals surface area contributed by atoms with Crippen LogP contribution in [0.3, 0.4) is 0 Å². The Bertz CT molecular complexity index is 1120. The monoisotopic (exact) mass is 420 g/mol. The Balaban J connectivity index is 1.57. The van der Waals surface area contributed by atoms with Gasteiger partial charge in [0.05, 0.1) is 32.0 Å². The molecule has 0 spiro atoms. The van der Waals surface area contributed by atoms with Crippen molar-refractivity contribution in [3.05, 3.63) is 76.3 Å². The summed E-state index contributed by atoms with van der Waals surface area (Å²) in [7, 11) is -1.16. The first-order chi connectivity index (χ1) is 14.4. The van der Waals surface area contributed by atoms with E-state index in [0.717, 1.165) is 57.5 Å². The zero-order chi connectivity index (χ0) is 21.4. The van der Waals surface area contributed by atoms with E-state index in [0.29, 0.717) is 5.75 Å². The Morgan fingerprint density at radius 2 is 1.63 bits per heavy atom. The van der Waals surface area contributed by atoms with Crippen molar-refractivity contribution in [3.63, 3.8) is 0 Å². The van der Waals surface area contributed by atoms with Crippen molar-refractivity contribution < 1.29 is 9.32 Å². The van der Waals surface area contributed by atoms with Crippen molar-refractivity contribution in [1.82, 2.24) is 5.32 Å². The molecule has 4 rings (SSSR count). The fourth-order valence-corrected chi connectivity index (χ4v) is 5.58. The van der Waals surface area contributed by atoms with Crippen molar-refractivity contribution in [2.24, 2.45) is 0 Å². The summed E-state index contributed by atoms with van der Waals surface area (Å²) in [6.07, 6.45) is 0. The van der Waals surface area contributed by atoms with E-state index in [1.165, 1.54) is 11.1 Å². The molecule has 156 valence electrons. The van der Waals surface area contributed by atoms with Crippen LogP contribution < -0.4 is 10.2 Å². The Morgan fingerprint density at radius 1 is 0.933 bits per heavy atom. The second kappa shape index (κ2) is 8.25. The fraction of sp³-hybridized carbons (Fsp3) is 0.280. The Hall–Kier alpha value is -2.63. The highest BCUT2D eigenvalue weighted by Crippen LogP contribution is 2.44. The predicted molar refractivity (Wildman–Crippen MR) is 123 cm³/mol. The predicted octanol–water partition coefficient (Wildman–Crippen LogP) is 5.03. The van der Waals surface area contributed by atoms with Gasteiger partial charge in [0.25, 0.3) is 0 Å². The molecule has 5 heteroatoms. The molecule has 1 heterocycles. The molecule has 4 nitrogen and oxygen atoms in total. The van der Waals surface area contributed by atoms with Crippen LogP contribution in [0.25, 0.3) is 0 Å². The summed E-state index contributed by atoms with van der Waals surface area (Å²) in [6.45, 7) is 10.4. The average molecular weight is 421 g/mol. The molecule has 0 amide bonds. The number of aryl methyl sites for hydroxylation is 3. The Labute approximate surface area is 181 Å². The van der Waals surface area contributed by atoms with Gasteiger partial charge in [0.15, 0.2) is 0 Å². The molecule has 0 saturated heterocycles. The van der Waals surface area contributed by atoms with Crippen LogP contribution in [0.1, 0.15) is 27.8 Å². The standard InChI is InChI=1S/C25H28N2O2S/c1-16-9-10-23-24(19(16)4)27(21-7-5-6-8-22(21)30(23)29)12-11-26-15-20-13-17(2)25(28)18(3)14-20/h5-10,13-14,26,28H,11-12,15H2,1-4H3. The third-order valence-electron chi connectivity index (χ3n) is 5.88. The van der Waals surface area contributed by atoms with Crippen LogP contribution in [0, 0.1) is 27.7 Å². The number of hydrogen-bond acceptors (Lipinski definition) is 4. The number of fused-ring (bicyclic) bond motifs is 2. The number of phenols is 1. The summed E-state index contributed by atoms with van der Waals surface area (Å²) in [5, 5.41) is 13.5. The third-order valence-corrected chi connectivity index (χ3v) is 7.36. The topological polar surface area (TPSA) is 52.6 Å². The zero-order valence-corrected chi connectivity index (χ0v) is 18.8. The van der Waals surface area contributed by atoms with Crippen molar-refractivity contribution in [3.8, 4) is 5.75 Å². The lowest BCUT2D eigenvalue weighted by Gasteiger charge is -2.34. The van der Waals surface area contributed by atoms with Crippen molar-refractivity contribution in [2.45, 2.75) is 44.0 Å². The number of para-hydroxylation sites is 1. The third kappa shape index (κ3) is 3.64. The minimum absolute atomic E-state index is 0.374. The molecular formula is C25H28N2O2S. The molecular weight excluding hydrogens is 392 g/mol. The van der Waals surface area contributed by atoms with E-state index in [2.05, 4.69) is 36.2 Å². The summed E-state index contributed by atoms with van der Waals surface area (Å²) in [4.78, 5) is 4.06. The quantitative estimate of drug-likeness (QED) is 0.568. The van der Waals surface area contributed by atoms with Gasteiger partial charge in [-0.2, -0.15) is 0 Å². The van der Waals surface area contributed by atoms with Crippen LogP contribution in [0.15, 0.2) is 58.3 Å². The highest BCUT2D eigenvalue weighted by atomic mass is 32.2. The van der Waals surface area contributed by atoms with Crippen molar-refractivity contribution >= 4 is 22.2 Å². The number of rotatable bonds is 5. The largest absolute Gasteiger partial charge is 0.507 e. The molecule has 0 bridgehead atoms. The lowest BCUT2D eigenvalue weighted by atomic mass is 10.1. The van der Waals surface area contributed by atoms with Gasteiger partial charge in [0.2, 0.25) is 0 Å². The molecule has 0 aliphatic carbocycles. The summed E-state index contributed by atoms with van der Waals surface area (Å²) in [5.74, 6) is 0.374. The maximum absolute atomic E-state index is 13.2. The molecule has 0 fully saturated rings. The van der Waals surface area contributed by atoms with Gasteiger partial charge >= 0.3 is 0 Å². The van der Waals surface area contributed by atoms with Gasteiger partial charge in [-0.15, -0.1) is 0 Å².